The van der Waals surface area contributed by atoms with Crippen molar-refractivity contribution in [3.05, 3.63) is 30.3 Å². The summed E-state index contributed by atoms with van der Waals surface area (Å²) in [5.74, 6) is 0.740. The van der Waals surface area contributed by atoms with Crippen LogP contribution in [-0.4, -0.2) is 32.8 Å². The maximum atomic E-state index is 12.9. The van der Waals surface area contributed by atoms with Gasteiger partial charge in [-0.3, -0.25) is 0 Å². The number of carbonyl (C=O) groups is 2. The molecular formula is C21H26O3Se. The van der Waals surface area contributed by atoms with Crippen molar-refractivity contribution in [1.82, 2.24) is 0 Å². The topological polar surface area (TPSA) is 43.4 Å². The summed E-state index contributed by atoms with van der Waals surface area (Å²) in [4.78, 5) is 25.3. The molecule has 3 nitrogen and oxygen atoms in total. The molecule has 0 N–H and O–H groups in total. The average Bonchev–Trinajstić information content (AvgIpc) is 2.83. The van der Waals surface area contributed by atoms with Gasteiger partial charge in [0.05, 0.1) is 0 Å². The third-order valence-electron chi connectivity index (χ3n) is 7.00. The van der Waals surface area contributed by atoms with E-state index in [0.717, 1.165) is 19.3 Å². The molecule has 3 aliphatic rings. The fourth-order valence-electron chi connectivity index (χ4n) is 5.47. The van der Waals surface area contributed by atoms with E-state index in [0.29, 0.717) is 12.2 Å². The van der Waals surface area contributed by atoms with Gasteiger partial charge in [-0.2, -0.15) is 0 Å². The van der Waals surface area contributed by atoms with Crippen LogP contribution in [0.25, 0.3) is 0 Å². The van der Waals surface area contributed by atoms with Crippen molar-refractivity contribution < 1.29 is 14.3 Å². The van der Waals surface area contributed by atoms with E-state index in [1.54, 1.807) is 0 Å². The Morgan fingerprint density at radius 2 is 1.84 bits per heavy atom. The van der Waals surface area contributed by atoms with Crippen LogP contribution in [0.1, 0.15) is 46.5 Å². The van der Waals surface area contributed by atoms with Crippen LogP contribution in [0.15, 0.2) is 30.3 Å². The predicted molar refractivity (Wildman–Crippen MR) is 97.8 cm³/mol. The van der Waals surface area contributed by atoms with E-state index in [9.17, 15) is 9.59 Å². The molecule has 134 valence electrons. The summed E-state index contributed by atoms with van der Waals surface area (Å²) in [5.41, 5.74) is 0.139. The van der Waals surface area contributed by atoms with Gasteiger partial charge in [0.25, 0.3) is 0 Å². The van der Waals surface area contributed by atoms with Crippen LogP contribution >= 0.6 is 0 Å². The first-order valence-electron chi connectivity index (χ1n) is 9.33. The number of hydrogen-bond acceptors (Lipinski definition) is 3. The monoisotopic (exact) mass is 406 g/mol. The summed E-state index contributed by atoms with van der Waals surface area (Å²) in [6.07, 6.45) is 3.69. The average molecular weight is 405 g/mol. The minimum absolute atomic E-state index is 0.00549. The molecule has 6 atom stereocenters. The Balaban J connectivity index is 1.67. The zero-order valence-electron chi connectivity index (χ0n) is 15.2. The predicted octanol–water partition coefficient (Wildman–Crippen LogP) is 3.15. The van der Waals surface area contributed by atoms with Gasteiger partial charge in [-0.05, 0) is 0 Å². The van der Waals surface area contributed by atoms with Crippen LogP contribution in [0, 0.1) is 23.2 Å². The Morgan fingerprint density at radius 1 is 1.12 bits per heavy atom. The van der Waals surface area contributed by atoms with Crippen molar-refractivity contribution in [3.8, 4) is 0 Å². The third kappa shape index (κ3) is 2.60. The number of fused-ring (bicyclic) bond motifs is 3. The van der Waals surface area contributed by atoms with Gasteiger partial charge in [-0.15, -0.1) is 0 Å². The summed E-state index contributed by atoms with van der Waals surface area (Å²) in [7, 11) is 0. The van der Waals surface area contributed by atoms with E-state index in [2.05, 4.69) is 32.9 Å². The third-order valence-corrected chi connectivity index (χ3v) is 9.94. The molecule has 0 aromatic heterocycles. The number of ether oxygens (including phenoxy) is 1. The molecule has 0 radical (unpaired) electrons. The Bertz CT molecular complexity index is 702. The molecule has 4 rings (SSSR count). The van der Waals surface area contributed by atoms with Crippen molar-refractivity contribution >= 4 is 31.2 Å². The van der Waals surface area contributed by atoms with E-state index in [-0.39, 0.29) is 50.2 Å². The second kappa shape index (κ2) is 5.96. The normalized spacial score (nSPS) is 43.3. The maximum absolute atomic E-state index is 12.9. The number of Topliss-reactive ketones (excluding diaryl/α,β-unsaturated/α-hetero) is 1. The van der Waals surface area contributed by atoms with Crippen molar-refractivity contribution in [2.24, 2.45) is 23.2 Å². The molecule has 1 saturated heterocycles. The number of hydrogen-bond donors (Lipinski definition) is 0. The van der Waals surface area contributed by atoms with Gasteiger partial charge in [-0.25, -0.2) is 0 Å². The summed E-state index contributed by atoms with van der Waals surface area (Å²) in [6.45, 7) is 6.46. The molecule has 25 heavy (non-hydrogen) atoms. The SMILES string of the molecule is CC1C(=O)CCC2(C)CCC3C(OC(=O)C3(C)[Se]c3ccccc3)C12. The van der Waals surface area contributed by atoms with Crippen LogP contribution < -0.4 is 4.46 Å². The minimum atomic E-state index is -0.416. The van der Waals surface area contributed by atoms with Crippen LogP contribution in [0.5, 0.6) is 0 Å². The molecule has 1 aromatic carbocycles. The van der Waals surface area contributed by atoms with Crippen molar-refractivity contribution in [1.29, 1.82) is 0 Å². The number of benzene rings is 1. The summed E-state index contributed by atoms with van der Waals surface area (Å²) >= 11 is 0.0421. The standard InChI is InChI=1S/C21H26O3Se/c1-13-16(22)10-12-20(2)11-9-15-18(17(13)20)24-19(23)21(15,3)25-14-7-5-4-6-8-14/h4-8,13,15,17-18H,9-12H2,1-3H3. The summed E-state index contributed by atoms with van der Waals surface area (Å²) in [5, 5.41) is 0. The molecule has 1 heterocycles. The molecule has 1 aliphatic heterocycles. The molecule has 0 amide bonds. The van der Waals surface area contributed by atoms with E-state index >= 15 is 0 Å². The molecule has 6 unspecified atom stereocenters. The molecular weight excluding hydrogens is 379 g/mol. The number of ketones is 1. The molecule has 0 bridgehead atoms. The van der Waals surface area contributed by atoms with Crippen LogP contribution in [-0.2, 0) is 14.3 Å². The molecule has 3 fully saturated rings. The Labute approximate surface area is 156 Å². The van der Waals surface area contributed by atoms with Gasteiger partial charge in [0.2, 0.25) is 0 Å². The Kier molecular flexibility index (Phi) is 4.12. The van der Waals surface area contributed by atoms with Gasteiger partial charge < -0.3 is 0 Å². The molecule has 0 spiro atoms. The Hall–Kier alpha value is -1.12. The second-order valence-corrected chi connectivity index (χ2v) is 11.7. The van der Waals surface area contributed by atoms with Crippen molar-refractivity contribution in [2.75, 3.05) is 0 Å². The van der Waals surface area contributed by atoms with Gasteiger partial charge in [0, 0.05) is 0 Å². The van der Waals surface area contributed by atoms with E-state index in [1.807, 2.05) is 18.2 Å². The zero-order valence-corrected chi connectivity index (χ0v) is 16.9. The van der Waals surface area contributed by atoms with Gasteiger partial charge in [0.15, 0.2) is 0 Å². The fourth-order valence-corrected chi connectivity index (χ4v) is 8.23. The van der Waals surface area contributed by atoms with E-state index in [1.165, 1.54) is 4.46 Å². The van der Waals surface area contributed by atoms with Crippen LogP contribution in [0.2, 0.25) is 4.31 Å². The van der Waals surface area contributed by atoms with Gasteiger partial charge in [0.1, 0.15) is 0 Å². The van der Waals surface area contributed by atoms with Crippen LogP contribution in [0.3, 0.4) is 0 Å². The second-order valence-electron chi connectivity index (χ2n) is 8.47. The quantitative estimate of drug-likeness (QED) is 0.561. The number of carbonyl (C=O) groups excluding carboxylic acids is 2. The summed E-state index contributed by atoms with van der Waals surface area (Å²) < 4.78 is 6.86. The van der Waals surface area contributed by atoms with Crippen LogP contribution in [0.4, 0.5) is 0 Å². The summed E-state index contributed by atoms with van der Waals surface area (Å²) in [6, 6.07) is 10.3. The van der Waals surface area contributed by atoms with Gasteiger partial charge >= 0.3 is 156 Å². The van der Waals surface area contributed by atoms with E-state index < -0.39 is 4.31 Å². The number of esters is 1. The van der Waals surface area contributed by atoms with Gasteiger partial charge in [-0.1, -0.05) is 0 Å². The first kappa shape index (κ1) is 17.3. The number of rotatable bonds is 2. The van der Waals surface area contributed by atoms with Crippen molar-refractivity contribution in [3.63, 3.8) is 0 Å². The van der Waals surface area contributed by atoms with Crippen molar-refractivity contribution in [2.45, 2.75) is 56.9 Å². The fraction of sp³-hybridized carbons (Fsp3) is 0.619. The Morgan fingerprint density at radius 3 is 2.56 bits per heavy atom. The van der Waals surface area contributed by atoms with E-state index in [4.69, 9.17) is 4.74 Å². The molecule has 4 heteroatoms. The first-order valence-corrected chi connectivity index (χ1v) is 11.0. The zero-order chi connectivity index (χ0) is 17.8. The molecule has 2 aliphatic carbocycles. The first-order chi connectivity index (χ1) is 11.8. The molecule has 1 aromatic rings. The molecule has 2 saturated carbocycles.